The van der Waals surface area contributed by atoms with Gasteiger partial charge in [0.2, 0.25) is 0 Å². The van der Waals surface area contributed by atoms with Gasteiger partial charge in [-0.25, -0.2) is 0 Å². The van der Waals surface area contributed by atoms with Crippen LogP contribution in [0.25, 0.3) is 0 Å². The monoisotopic (exact) mass is 165 g/mol. The van der Waals surface area contributed by atoms with Crippen LogP contribution in [0.15, 0.2) is 48.6 Å². The Balaban J connectivity index is 4.34. The molecule has 0 aliphatic carbocycles. The first kappa shape index (κ1) is 10.4. The molecule has 0 unspecified atom stereocenters. The van der Waals surface area contributed by atoms with Crippen molar-refractivity contribution in [1.82, 2.24) is 5.32 Å². The summed E-state index contributed by atoms with van der Waals surface area (Å²) in [5, 5.41) is 2.93. The van der Waals surface area contributed by atoms with Crippen LogP contribution in [0.1, 0.15) is 6.92 Å². The van der Waals surface area contributed by atoms with Crippen molar-refractivity contribution < 1.29 is 0 Å². The molecule has 0 heterocycles. The first-order chi connectivity index (χ1) is 5.61. The molecule has 0 saturated heterocycles. The fourth-order valence-electron chi connectivity index (χ4n) is 0.690. The summed E-state index contributed by atoms with van der Waals surface area (Å²) in [4.78, 5) is 0. The topological polar surface area (TPSA) is 64.1 Å². The van der Waals surface area contributed by atoms with Gasteiger partial charge >= 0.3 is 0 Å². The maximum Gasteiger partial charge on any atom is 0.0397 e. The van der Waals surface area contributed by atoms with Crippen LogP contribution in [-0.4, -0.2) is 0 Å². The predicted octanol–water partition coefficient (Wildman–Crippen LogP) is 0.938. The Hall–Kier alpha value is -1.64. The second-order valence-corrected chi connectivity index (χ2v) is 2.37. The lowest BCUT2D eigenvalue weighted by Crippen LogP contribution is -2.10. The van der Waals surface area contributed by atoms with Crippen LogP contribution in [0.5, 0.6) is 0 Å². The smallest absolute Gasteiger partial charge is 0.0397 e. The van der Waals surface area contributed by atoms with Crippen LogP contribution in [0.3, 0.4) is 0 Å². The Kier molecular flexibility index (Phi) is 4.38. The lowest BCUT2D eigenvalue weighted by molar-refractivity contribution is 0.999. The fraction of sp³-hybridized carbons (Fsp3) is 0.111. The summed E-state index contributed by atoms with van der Waals surface area (Å²) in [6.45, 7) is 9.27. The summed E-state index contributed by atoms with van der Waals surface area (Å²) < 4.78 is 0. The highest BCUT2D eigenvalue weighted by atomic mass is 14.9. The van der Waals surface area contributed by atoms with Crippen LogP contribution >= 0.6 is 0 Å². The van der Waals surface area contributed by atoms with Gasteiger partial charge in [-0.05, 0) is 19.2 Å². The molecule has 0 bridgehead atoms. The van der Waals surface area contributed by atoms with Crippen molar-refractivity contribution >= 4 is 0 Å². The molecule has 0 fully saturated rings. The summed E-state index contributed by atoms with van der Waals surface area (Å²) in [7, 11) is 0. The third-order valence-electron chi connectivity index (χ3n) is 1.17. The van der Waals surface area contributed by atoms with E-state index in [0.29, 0.717) is 5.70 Å². The minimum Gasteiger partial charge on any atom is -0.405 e. The quantitative estimate of drug-likeness (QED) is 0.543. The molecule has 0 spiro atoms. The molecule has 0 aromatic carbocycles. The average molecular weight is 165 g/mol. The minimum absolute atomic E-state index is 0.687. The van der Waals surface area contributed by atoms with E-state index in [-0.39, 0.29) is 0 Å². The van der Waals surface area contributed by atoms with Crippen LogP contribution in [-0.2, 0) is 0 Å². The van der Waals surface area contributed by atoms with E-state index in [4.69, 9.17) is 11.5 Å². The highest BCUT2D eigenvalue weighted by Crippen LogP contribution is 2.05. The maximum atomic E-state index is 5.34. The summed E-state index contributed by atoms with van der Waals surface area (Å²) in [5.41, 5.74) is 12.8. The molecule has 0 aromatic heterocycles. The van der Waals surface area contributed by atoms with E-state index in [0.717, 1.165) is 11.3 Å². The molecule has 66 valence electrons. The summed E-state index contributed by atoms with van der Waals surface area (Å²) >= 11 is 0. The number of rotatable bonds is 4. The summed E-state index contributed by atoms with van der Waals surface area (Å²) in [6, 6.07) is 0. The van der Waals surface area contributed by atoms with E-state index >= 15 is 0 Å². The molecule has 0 radical (unpaired) electrons. The Morgan fingerprint density at radius 2 is 1.92 bits per heavy atom. The Morgan fingerprint density at radius 3 is 2.25 bits per heavy atom. The van der Waals surface area contributed by atoms with Crippen molar-refractivity contribution in [3.05, 3.63) is 48.6 Å². The standard InChI is InChI=1S/C9H15N3/c1-7(2)12-8(3)9(6-11)4-5-10/h4-6,12H,1,3,10-11H2,2H3/b5-4-,9-6+. The van der Waals surface area contributed by atoms with Crippen LogP contribution in [0.2, 0.25) is 0 Å². The van der Waals surface area contributed by atoms with E-state index in [1.54, 1.807) is 6.08 Å². The number of nitrogens with two attached hydrogens (primary N) is 2. The van der Waals surface area contributed by atoms with E-state index < -0.39 is 0 Å². The number of nitrogens with one attached hydrogen (secondary N) is 1. The van der Waals surface area contributed by atoms with E-state index in [2.05, 4.69) is 18.5 Å². The maximum absolute atomic E-state index is 5.34. The molecule has 0 aromatic rings. The van der Waals surface area contributed by atoms with Gasteiger partial charge in [-0.2, -0.15) is 0 Å². The van der Waals surface area contributed by atoms with Crippen LogP contribution < -0.4 is 16.8 Å². The van der Waals surface area contributed by atoms with Gasteiger partial charge in [0.1, 0.15) is 0 Å². The van der Waals surface area contributed by atoms with Gasteiger partial charge in [0.25, 0.3) is 0 Å². The summed E-state index contributed by atoms with van der Waals surface area (Å²) in [6.07, 6.45) is 4.50. The third kappa shape index (κ3) is 3.51. The molecule has 0 aliphatic heterocycles. The molecule has 0 saturated carbocycles. The molecule has 0 amide bonds. The first-order valence-corrected chi connectivity index (χ1v) is 3.53. The third-order valence-corrected chi connectivity index (χ3v) is 1.17. The van der Waals surface area contributed by atoms with Crippen molar-refractivity contribution in [2.24, 2.45) is 11.5 Å². The highest BCUT2D eigenvalue weighted by molar-refractivity contribution is 5.37. The van der Waals surface area contributed by atoms with Crippen molar-refractivity contribution in [2.45, 2.75) is 6.92 Å². The lowest BCUT2D eigenvalue weighted by atomic mass is 10.2. The molecule has 0 aliphatic rings. The zero-order valence-electron chi connectivity index (χ0n) is 7.30. The van der Waals surface area contributed by atoms with Gasteiger partial charge < -0.3 is 16.8 Å². The van der Waals surface area contributed by atoms with Crippen molar-refractivity contribution in [3.63, 3.8) is 0 Å². The number of hydrogen-bond donors (Lipinski definition) is 3. The zero-order valence-corrected chi connectivity index (χ0v) is 7.30. The molecule has 3 heteroatoms. The van der Waals surface area contributed by atoms with Gasteiger partial charge in [-0.15, -0.1) is 0 Å². The van der Waals surface area contributed by atoms with Crippen molar-refractivity contribution in [2.75, 3.05) is 0 Å². The molecule has 0 atom stereocenters. The SMILES string of the molecule is C=C(C)NC(=C)C(/C=C\N)=C/N. The van der Waals surface area contributed by atoms with Gasteiger partial charge in [0.05, 0.1) is 0 Å². The second kappa shape index (κ2) is 5.07. The number of hydrogen-bond acceptors (Lipinski definition) is 3. The summed E-state index contributed by atoms with van der Waals surface area (Å²) in [5.74, 6) is 0. The fourth-order valence-corrected chi connectivity index (χ4v) is 0.690. The van der Waals surface area contributed by atoms with Gasteiger partial charge in [0.15, 0.2) is 0 Å². The van der Waals surface area contributed by atoms with E-state index in [1.165, 1.54) is 12.4 Å². The van der Waals surface area contributed by atoms with E-state index in [1.807, 2.05) is 6.92 Å². The van der Waals surface area contributed by atoms with Gasteiger partial charge in [-0.1, -0.05) is 13.2 Å². The van der Waals surface area contributed by atoms with Crippen LogP contribution in [0, 0.1) is 0 Å². The van der Waals surface area contributed by atoms with Gasteiger partial charge in [-0.3, -0.25) is 0 Å². The molecule has 5 N–H and O–H groups in total. The van der Waals surface area contributed by atoms with Gasteiger partial charge in [0, 0.05) is 23.2 Å². The molecular formula is C9H15N3. The molecule has 0 rings (SSSR count). The van der Waals surface area contributed by atoms with E-state index in [9.17, 15) is 0 Å². The van der Waals surface area contributed by atoms with Crippen LogP contribution in [0.4, 0.5) is 0 Å². The number of allylic oxidation sites excluding steroid dienone is 2. The predicted molar refractivity (Wildman–Crippen MR) is 52.7 cm³/mol. The Morgan fingerprint density at radius 1 is 1.33 bits per heavy atom. The van der Waals surface area contributed by atoms with Crippen molar-refractivity contribution in [1.29, 1.82) is 0 Å². The minimum atomic E-state index is 0.687. The van der Waals surface area contributed by atoms with Crippen molar-refractivity contribution in [3.8, 4) is 0 Å². The average Bonchev–Trinajstić information content (AvgIpc) is 1.98. The molecule has 3 nitrogen and oxygen atoms in total. The zero-order chi connectivity index (χ0) is 9.56. The molecular weight excluding hydrogens is 150 g/mol. The molecule has 12 heavy (non-hydrogen) atoms. The highest BCUT2D eigenvalue weighted by Gasteiger charge is 1.96. The Bertz CT molecular complexity index is 236. The first-order valence-electron chi connectivity index (χ1n) is 3.53. The lowest BCUT2D eigenvalue weighted by Gasteiger charge is -2.08. The second-order valence-electron chi connectivity index (χ2n) is 2.37. The largest absolute Gasteiger partial charge is 0.405 e. The Labute approximate surface area is 73.1 Å². The normalized spacial score (nSPS) is 11.6.